The molecule has 0 spiro atoms. The van der Waals surface area contributed by atoms with Gasteiger partial charge in [0.15, 0.2) is 5.79 Å². The first-order valence-electron chi connectivity index (χ1n) is 20.7. The Kier molecular flexibility index (Phi) is 10.3. The van der Waals surface area contributed by atoms with Crippen molar-refractivity contribution in [3.05, 3.63) is 29.3 Å². The maximum absolute atomic E-state index is 14.0. The SMILES string of the molecule is COc1c(CC(NC(=O)CCC2(C)OC3CC4CC(C4(C)C)C3(C)O2)B2OC3CC4CC(C4(C)C)C3(C)O2)cccc1C(=O)OCOC(=O)OC1CCOCC1. The molecule has 6 aliphatic carbocycles. The third-order valence-corrected chi connectivity index (χ3v) is 15.3. The lowest BCUT2D eigenvalue weighted by Crippen LogP contribution is -2.65. The number of hydrogen-bond donors (Lipinski definition) is 1. The molecular weight excluding hydrogens is 721 g/mol. The van der Waals surface area contributed by atoms with E-state index >= 15 is 0 Å². The molecule has 10 unspecified atom stereocenters. The zero-order valence-corrected chi connectivity index (χ0v) is 34.3. The molecule has 9 fully saturated rings. The van der Waals surface area contributed by atoms with E-state index in [0.717, 1.165) is 25.7 Å². The predicted octanol–water partition coefficient (Wildman–Crippen LogP) is 6.17. The normalized spacial score (nSPS) is 37.9. The average Bonchev–Trinajstić information content (AvgIpc) is 3.66. The summed E-state index contributed by atoms with van der Waals surface area (Å²) in [4.78, 5) is 39.5. The Morgan fingerprint density at radius 3 is 2.25 bits per heavy atom. The molecule has 0 radical (unpaired) electrons. The van der Waals surface area contributed by atoms with Crippen molar-refractivity contribution < 1.29 is 56.9 Å². The molecule has 1 N–H and O–H groups in total. The zero-order valence-electron chi connectivity index (χ0n) is 34.3. The third-order valence-electron chi connectivity index (χ3n) is 15.3. The summed E-state index contributed by atoms with van der Waals surface area (Å²) in [6.45, 7) is 16.0. The number of hydrogen-bond acceptors (Lipinski definition) is 12. The van der Waals surface area contributed by atoms with Gasteiger partial charge < -0.3 is 47.8 Å². The van der Waals surface area contributed by atoms with E-state index in [0.29, 0.717) is 61.7 Å². The maximum Gasteiger partial charge on any atom is 0.511 e. The van der Waals surface area contributed by atoms with Gasteiger partial charge in [0.2, 0.25) is 12.7 Å². The van der Waals surface area contributed by atoms with Crippen LogP contribution in [-0.2, 0) is 48.9 Å². The molecule has 3 aliphatic heterocycles. The van der Waals surface area contributed by atoms with Crippen molar-refractivity contribution in [3.8, 4) is 5.75 Å². The number of methoxy groups -OCH3 is 1. The number of ether oxygens (including phenoxy) is 7. The van der Waals surface area contributed by atoms with E-state index in [9.17, 15) is 14.4 Å². The van der Waals surface area contributed by atoms with Gasteiger partial charge in [0.25, 0.3) is 0 Å². The van der Waals surface area contributed by atoms with Crippen molar-refractivity contribution in [2.75, 3.05) is 27.1 Å². The highest BCUT2D eigenvalue weighted by molar-refractivity contribution is 6.48. The highest BCUT2D eigenvalue weighted by Crippen LogP contribution is 2.68. The summed E-state index contributed by atoms with van der Waals surface area (Å²) in [5.41, 5.74) is 0.292. The molecule has 0 aromatic heterocycles. The van der Waals surface area contributed by atoms with Gasteiger partial charge in [0, 0.05) is 25.7 Å². The predicted molar refractivity (Wildman–Crippen MR) is 202 cm³/mol. The summed E-state index contributed by atoms with van der Waals surface area (Å²) in [7, 11) is 0.744. The Hall–Kier alpha value is -2.91. The first-order valence-corrected chi connectivity index (χ1v) is 20.7. The Morgan fingerprint density at radius 2 is 1.57 bits per heavy atom. The van der Waals surface area contributed by atoms with Crippen LogP contribution >= 0.6 is 0 Å². The lowest BCUT2D eigenvalue weighted by Gasteiger charge is -2.64. The van der Waals surface area contributed by atoms with Crippen LogP contribution in [0.5, 0.6) is 5.75 Å². The molecule has 13 nitrogen and oxygen atoms in total. The fourth-order valence-electron chi connectivity index (χ4n) is 11.8. The van der Waals surface area contributed by atoms with Crippen molar-refractivity contribution in [2.45, 2.75) is 147 Å². The topological polar surface area (TPSA) is 146 Å². The first kappa shape index (κ1) is 39.9. The lowest BCUT2D eigenvalue weighted by atomic mass is 9.43. The molecule has 10 rings (SSSR count). The van der Waals surface area contributed by atoms with Crippen LogP contribution in [0, 0.1) is 34.5 Å². The van der Waals surface area contributed by atoms with Gasteiger partial charge in [0.1, 0.15) is 17.4 Å². The number of amides is 1. The van der Waals surface area contributed by atoms with Crippen LogP contribution in [-0.4, -0.2) is 93.5 Å². The van der Waals surface area contributed by atoms with E-state index < -0.39 is 43.4 Å². The van der Waals surface area contributed by atoms with Gasteiger partial charge in [-0.15, -0.1) is 0 Å². The van der Waals surface area contributed by atoms with E-state index in [1.807, 2.05) is 13.0 Å². The van der Waals surface area contributed by atoms with E-state index in [1.54, 1.807) is 12.1 Å². The standard InChI is InChI=1S/C42H60BNO12/c1-38(2)25-19-29(38)41(6)31(21-25)53-40(5,55-41)15-12-34(45)44-33(43-54-32-22-26-20-30(39(26,3)4)42(32,7)56-43)18-24-10-9-11-28(35(24)48-8)36(46)50-23-51-37(47)52-27-13-16-49-17-14-27/h9-11,25-27,29-33H,12-23H2,1-8H3,(H,44,45). The van der Waals surface area contributed by atoms with Gasteiger partial charge in [-0.05, 0) is 99.0 Å². The van der Waals surface area contributed by atoms with Crippen molar-refractivity contribution in [2.24, 2.45) is 34.5 Å². The largest absolute Gasteiger partial charge is 0.511 e. The number of carbonyl (C=O) groups excluding carboxylic acids is 3. The van der Waals surface area contributed by atoms with Crippen molar-refractivity contribution in [1.82, 2.24) is 5.32 Å². The van der Waals surface area contributed by atoms with Crippen LogP contribution in [0.3, 0.4) is 0 Å². The maximum atomic E-state index is 14.0. The fraction of sp³-hybridized carbons (Fsp3) is 0.786. The van der Waals surface area contributed by atoms with Crippen LogP contribution in [0.4, 0.5) is 4.79 Å². The molecule has 1 amide bonds. The van der Waals surface area contributed by atoms with Gasteiger partial charge in [-0.2, -0.15) is 0 Å². The second-order valence-electron chi connectivity index (χ2n) is 19.2. The monoisotopic (exact) mass is 781 g/mol. The number of para-hydroxylation sites is 1. The van der Waals surface area contributed by atoms with Gasteiger partial charge in [0.05, 0.1) is 49.7 Å². The van der Waals surface area contributed by atoms with Gasteiger partial charge in [-0.1, -0.05) is 39.8 Å². The molecule has 56 heavy (non-hydrogen) atoms. The minimum absolute atomic E-state index is 0.0175. The molecule has 3 heterocycles. The highest BCUT2D eigenvalue weighted by atomic mass is 16.8. The Morgan fingerprint density at radius 1 is 0.893 bits per heavy atom. The molecule has 10 atom stereocenters. The van der Waals surface area contributed by atoms with Gasteiger partial charge in [-0.3, -0.25) is 4.79 Å². The molecule has 1 aromatic rings. The second kappa shape index (κ2) is 14.4. The summed E-state index contributed by atoms with van der Waals surface area (Å²) < 4.78 is 53.7. The average molecular weight is 782 g/mol. The lowest BCUT2D eigenvalue weighted by molar-refractivity contribution is -0.226. The summed E-state index contributed by atoms with van der Waals surface area (Å²) in [5.74, 6) is -0.174. The van der Waals surface area contributed by atoms with Gasteiger partial charge >= 0.3 is 19.2 Å². The van der Waals surface area contributed by atoms with Crippen LogP contribution in [0.25, 0.3) is 0 Å². The smallest absolute Gasteiger partial charge is 0.496 e. The molecule has 3 saturated heterocycles. The van der Waals surface area contributed by atoms with Crippen LogP contribution in [0.15, 0.2) is 18.2 Å². The van der Waals surface area contributed by atoms with Crippen LogP contribution in [0.2, 0.25) is 0 Å². The van der Waals surface area contributed by atoms with Crippen molar-refractivity contribution in [1.29, 1.82) is 0 Å². The third kappa shape index (κ3) is 6.82. The second-order valence-corrected chi connectivity index (χ2v) is 19.2. The minimum atomic E-state index is -0.913. The molecule has 9 aliphatic rings. The number of benzene rings is 1. The first-order chi connectivity index (χ1) is 26.5. The Balaban J connectivity index is 0.952. The summed E-state index contributed by atoms with van der Waals surface area (Å²) in [6, 6.07) is 5.15. The molecular formula is C42H60BNO12. The van der Waals surface area contributed by atoms with Crippen LogP contribution < -0.4 is 10.1 Å². The number of esters is 1. The van der Waals surface area contributed by atoms with E-state index in [-0.39, 0.29) is 64.8 Å². The fourth-order valence-corrected chi connectivity index (χ4v) is 11.8. The quantitative estimate of drug-likeness (QED) is 0.147. The van der Waals surface area contributed by atoms with Gasteiger partial charge in [-0.25, -0.2) is 9.59 Å². The van der Waals surface area contributed by atoms with Crippen molar-refractivity contribution >= 4 is 25.2 Å². The number of carbonyl (C=O) groups is 3. The van der Waals surface area contributed by atoms with E-state index in [1.165, 1.54) is 7.11 Å². The molecule has 6 saturated carbocycles. The summed E-state index contributed by atoms with van der Waals surface area (Å²) in [5, 5.41) is 3.26. The van der Waals surface area contributed by atoms with Crippen LogP contribution in [0.1, 0.15) is 116 Å². The summed E-state index contributed by atoms with van der Waals surface area (Å²) >= 11 is 0. The van der Waals surface area contributed by atoms with Crippen molar-refractivity contribution in [3.63, 3.8) is 0 Å². The number of nitrogens with one attached hydrogen (secondary N) is 1. The van der Waals surface area contributed by atoms with E-state index in [2.05, 4.69) is 46.9 Å². The molecule has 4 bridgehead atoms. The van der Waals surface area contributed by atoms with E-state index in [4.69, 9.17) is 42.5 Å². The highest BCUT2D eigenvalue weighted by Gasteiger charge is 2.70. The zero-order chi connectivity index (χ0) is 39.8. The Labute approximate surface area is 330 Å². The Bertz CT molecular complexity index is 1700. The minimum Gasteiger partial charge on any atom is -0.496 e. The molecule has 14 heteroatoms. The summed E-state index contributed by atoms with van der Waals surface area (Å²) in [6.07, 6.45) is 4.83. The molecule has 308 valence electrons. The number of rotatable bonds is 12. The molecule has 1 aromatic carbocycles.